The van der Waals surface area contributed by atoms with Gasteiger partial charge in [-0.2, -0.15) is 18.2 Å². The topological polar surface area (TPSA) is 71.3 Å². The Morgan fingerprint density at radius 1 is 1.18 bits per heavy atom. The molecule has 0 unspecified atom stereocenters. The van der Waals surface area contributed by atoms with Gasteiger partial charge in [0.2, 0.25) is 5.91 Å². The molecule has 11 heteroatoms. The maximum absolute atomic E-state index is 14.2. The quantitative estimate of drug-likeness (QED) is 0.449. The van der Waals surface area contributed by atoms with Crippen molar-refractivity contribution < 1.29 is 18.0 Å². The van der Waals surface area contributed by atoms with Crippen molar-refractivity contribution in [3.8, 4) is 0 Å². The largest absolute Gasteiger partial charge is 0.416 e. The molecule has 1 aromatic carbocycles. The second-order valence-corrected chi connectivity index (χ2v) is 10.9. The molecule has 3 atom stereocenters. The maximum Gasteiger partial charge on any atom is 0.416 e. The summed E-state index contributed by atoms with van der Waals surface area (Å²) in [6.07, 6.45) is -1.65. The van der Waals surface area contributed by atoms with Crippen LogP contribution in [0.15, 0.2) is 52.8 Å². The molecule has 1 saturated heterocycles. The van der Waals surface area contributed by atoms with E-state index in [9.17, 15) is 22.8 Å². The molecule has 0 N–H and O–H groups in total. The number of amides is 1. The molecular formula is C27H28F3N5O2S. The van der Waals surface area contributed by atoms with Gasteiger partial charge in [-0.25, -0.2) is 4.79 Å². The lowest BCUT2D eigenvalue weighted by atomic mass is 10.0. The van der Waals surface area contributed by atoms with Crippen LogP contribution < -0.4 is 10.6 Å². The van der Waals surface area contributed by atoms with Crippen LogP contribution in [0.3, 0.4) is 0 Å². The molecule has 3 aromatic rings. The Bertz CT molecular complexity index is 1460. The van der Waals surface area contributed by atoms with Gasteiger partial charge in [0.1, 0.15) is 5.82 Å². The van der Waals surface area contributed by atoms with E-state index in [2.05, 4.69) is 16.5 Å². The number of rotatable bonds is 3. The third-order valence-corrected chi connectivity index (χ3v) is 8.69. The van der Waals surface area contributed by atoms with Crippen molar-refractivity contribution in [3.63, 3.8) is 0 Å². The first-order chi connectivity index (χ1) is 18.0. The predicted octanol–water partition coefficient (Wildman–Crippen LogP) is 4.62. The Kier molecular flexibility index (Phi) is 6.75. The molecule has 200 valence electrons. The molecule has 0 spiro atoms. The van der Waals surface area contributed by atoms with Gasteiger partial charge in [0.15, 0.2) is 0 Å². The van der Waals surface area contributed by atoms with Gasteiger partial charge in [-0.05, 0) is 50.6 Å². The molecular weight excluding hydrogens is 515 g/mol. The number of pyridine rings is 1. The Balaban J connectivity index is 1.70. The van der Waals surface area contributed by atoms with E-state index < -0.39 is 17.4 Å². The monoisotopic (exact) mass is 543 g/mol. The van der Waals surface area contributed by atoms with E-state index in [0.717, 1.165) is 11.8 Å². The number of anilines is 1. The summed E-state index contributed by atoms with van der Waals surface area (Å²) in [6.45, 7) is 9.68. The number of nitrogens with zero attached hydrogens (tertiary/aromatic N) is 5. The van der Waals surface area contributed by atoms with Crippen molar-refractivity contribution in [2.24, 2.45) is 0 Å². The van der Waals surface area contributed by atoms with Crippen molar-refractivity contribution in [1.82, 2.24) is 19.4 Å². The zero-order chi connectivity index (χ0) is 27.4. The van der Waals surface area contributed by atoms with Crippen LogP contribution in [0.25, 0.3) is 10.9 Å². The molecule has 0 bridgehead atoms. The predicted molar refractivity (Wildman–Crippen MR) is 142 cm³/mol. The standard InChI is InChI=1S/C27H28F3N5O2S/c1-5-22(36)35-15(2)11-33(12-16(35)3)25-19-10-20(27(28,29)30)17(4)24-23(19)34(26(37)32-25)13-18(14-38-24)21-8-6-7-9-31-21/h5-10,15-16,18H,1,11-14H2,2-4H3/t15-,16+,18-/m0/s1. The average Bonchev–Trinajstić information content (AvgIpc) is 3.08. The Hall–Kier alpha value is -3.34. The molecule has 2 aliphatic heterocycles. The molecule has 1 fully saturated rings. The number of hydrogen-bond donors (Lipinski definition) is 0. The van der Waals surface area contributed by atoms with Crippen molar-refractivity contribution in [2.45, 2.75) is 56.4 Å². The van der Waals surface area contributed by atoms with Gasteiger partial charge in [-0.1, -0.05) is 12.6 Å². The van der Waals surface area contributed by atoms with E-state index in [1.807, 2.05) is 30.9 Å². The number of benzene rings is 1. The summed E-state index contributed by atoms with van der Waals surface area (Å²) in [5.74, 6) is 0.304. The summed E-state index contributed by atoms with van der Waals surface area (Å²) in [5.41, 5.74) is 0.0973. The molecule has 1 amide bonds. The Morgan fingerprint density at radius 2 is 1.89 bits per heavy atom. The van der Waals surface area contributed by atoms with Gasteiger partial charge < -0.3 is 9.80 Å². The van der Waals surface area contributed by atoms with Gasteiger partial charge in [0.05, 0.1) is 11.1 Å². The van der Waals surface area contributed by atoms with Gasteiger partial charge in [-0.3, -0.25) is 14.3 Å². The molecule has 0 radical (unpaired) electrons. The minimum atomic E-state index is -4.57. The molecule has 5 rings (SSSR count). The van der Waals surface area contributed by atoms with Crippen molar-refractivity contribution in [3.05, 3.63) is 70.4 Å². The van der Waals surface area contributed by atoms with E-state index in [0.29, 0.717) is 29.3 Å². The van der Waals surface area contributed by atoms with E-state index in [1.165, 1.54) is 29.3 Å². The normalized spacial score (nSPS) is 21.9. The zero-order valence-electron chi connectivity index (χ0n) is 21.3. The van der Waals surface area contributed by atoms with Crippen molar-refractivity contribution >= 4 is 34.4 Å². The van der Waals surface area contributed by atoms with Crippen LogP contribution in [0.4, 0.5) is 19.0 Å². The number of hydrogen-bond acceptors (Lipinski definition) is 6. The molecule has 0 aliphatic carbocycles. The van der Waals surface area contributed by atoms with Crippen LogP contribution in [-0.2, 0) is 17.5 Å². The minimum absolute atomic E-state index is 0.102. The van der Waals surface area contributed by atoms with Crippen molar-refractivity contribution in [1.29, 1.82) is 0 Å². The summed E-state index contributed by atoms with van der Waals surface area (Å²) in [4.78, 5) is 38.7. The van der Waals surface area contributed by atoms with Crippen LogP contribution in [-0.4, -0.2) is 56.3 Å². The molecule has 2 aromatic heterocycles. The Labute approximate surface area is 222 Å². The first kappa shape index (κ1) is 26.3. The van der Waals surface area contributed by atoms with Gasteiger partial charge in [0.25, 0.3) is 0 Å². The van der Waals surface area contributed by atoms with E-state index in [-0.39, 0.29) is 47.2 Å². The molecule has 0 saturated carbocycles. The molecule has 2 aliphatic rings. The summed E-state index contributed by atoms with van der Waals surface area (Å²) < 4.78 is 44.2. The highest BCUT2D eigenvalue weighted by Gasteiger charge is 2.38. The third-order valence-electron chi connectivity index (χ3n) is 7.34. The van der Waals surface area contributed by atoms with Crippen LogP contribution in [0.1, 0.15) is 36.6 Å². The fourth-order valence-corrected chi connectivity index (χ4v) is 6.99. The highest BCUT2D eigenvalue weighted by atomic mass is 32.2. The fraction of sp³-hybridized carbons (Fsp3) is 0.407. The summed E-state index contributed by atoms with van der Waals surface area (Å²) in [5, 5.41) is 0.287. The number of halogens is 3. The maximum atomic E-state index is 14.2. The average molecular weight is 544 g/mol. The number of thioether (sulfide) groups is 1. The number of carbonyl (C=O) groups is 1. The number of alkyl halides is 3. The van der Waals surface area contributed by atoms with Crippen LogP contribution in [0.2, 0.25) is 0 Å². The smallest absolute Gasteiger partial charge is 0.352 e. The molecule has 38 heavy (non-hydrogen) atoms. The molecule has 4 heterocycles. The van der Waals surface area contributed by atoms with Gasteiger partial charge in [-0.15, -0.1) is 11.8 Å². The first-order valence-electron chi connectivity index (χ1n) is 12.4. The van der Waals surface area contributed by atoms with E-state index in [4.69, 9.17) is 0 Å². The number of piperazine rings is 1. The molecule has 7 nitrogen and oxygen atoms in total. The second-order valence-electron chi connectivity index (χ2n) is 9.92. The van der Waals surface area contributed by atoms with Crippen LogP contribution >= 0.6 is 11.8 Å². The number of carbonyl (C=O) groups excluding carboxylic acids is 1. The highest BCUT2D eigenvalue weighted by molar-refractivity contribution is 7.99. The minimum Gasteiger partial charge on any atom is -0.352 e. The first-order valence-corrected chi connectivity index (χ1v) is 13.4. The van der Waals surface area contributed by atoms with Gasteiger partial charge >= 0.3 is 11.9 Å². The third kappa shape index (κ3) is 4.46. The summed E-state index contributed by atoms with van der Waals surface area (Å²) >= 11 is 1.32. The van der Waals surface area contributed by atoms with Crippen LogP contribution in [0, 0.1) is 6.92 Å². The van der Waals surface area contributed by atoms with E-state index >= 15 is 0 Å². The zero-order valence-corrected chi connectivity index (χ0v) is 22.1. The van der Waals surface area contributed by atoms with Gasteiger partial charge in [0, 0.05) is 65.6 Å². The summed E-state index contributed by atoms with van der Waals surface area (Å²) in [7, 11) is 0. The summed E-state index contributed by atoms with van der Waals surface area (Å²) in [6, 6.07) is 6.14. The van der Waals surface area contributed by atoms with E-state index in [1.54, 1.807) is 17.2 Å². The lowest BCUT2D eigenvalue weighted by molar-refractivity contribution is -0.138. The fourth-order valence-electron chi connectivity index (χ4n) is 5.66. The second kappa shape index (κ2) is 9.76. The lowest BCUT2D eigenvalue weighted by Crippen LogP contribution is -2.58. The van der Waals surface area contributed by atoms with Crippen molar-refractivity contribution in [2.75, 3.05) is 23.7 Å². The van der Waals surface area contributed by atoms with Crippen LogP contribution in [0.5, 0.6) is 0 Å². The number of aromatic nitrogens is 3. The lowest BCUT2D eigenvalue weighted by Gasteiger charge is -2.44. The Morgan fingerprint density at radius 3 is 2.50 bits per heavy atom. The SMILES string of the molecule is C=CC(=O)N1[C@H](C)CN(c2nc(=O)n3c4c(c(C)c(C(F)(F)F)cc24)SC[C@@H](c2ccccn2)C3)C[C@@H]1C. The highest BCUT2D eigenvalue weighted by Crippen LogP contribution is 2.45.